The number of rotatable bonds is 1. The second-order valence-corrected chi connectivity index (χ2v) is 6.93. The number of aliphatic hydroxyl groups excluding tert-OH is 1. The summed E-state index contributed by atoms with van der Waals surface area (Å²) in [6, 6.07) is 0.0554. The van der Waals surface area contributed by atoms with Crippen molar-refractivity contribution in [2.45, 2.75) is 58.9 Å². The predicted octanol–water partition coefficient (Wildman–Crippen LogP) is 2.19. The van der Waals surface area contributed by atoms with Crippen LogP contribution in [0.4, 0.5) is 0 Å². The van der Waals surface area contributed by atoms with E-state index in [1.165, 1.54) is 25.7 Å². The molecule has 0 aromatic rings. The van der Waals surface area contributed by atoms with Crippen molar-refractivity contribution in [1.82, 2.24) is 4.90 Å². The molecule has 2 aliphatic rings. The third-order valence-corrected chi connectivity index (χ3v) is 4.39. The van der Waals surface area contributed by atoms with Crippen molar-refractivity contribution in [3.8, 4) is 0 Å². The molecule has 3 nitrogen and oxygen atoms in total. The third-order valence-electron chi connectivity index (χ3n) is 4.39. The van der Waals surface area contributed by atoms with Crippen LogP contribution in [-0.2, 0) is 4.79 Å². The predicted molar refractivity (Wildman–Crippen MR) is 67.6 cm³/mol. The lowest BCUT2D eigenvalue weighted by Crippen LogP contribution is -2.44. The maximum atomic E-state index is 12.4. The van der Waals surface area contributed by atoms with Gasteiger partial charge in [-0.2, -0.15) is 0 Å². The fraction of sp³-hybridized carbons (Fsp3) is 0.929. The van der Waals surface area contributed by atoms with Gasteiger partial charge in [0.25, 0.3) is 0 Å². The summed E-state index contributed by atoms with van der Waals surface area (Å²) in [6.07, 6.45) is 6.05. The number of likely N-dealkylation sites (tertiary alicyclic amines) is 1. The summed E-state index contributed by atoms with van der Waals surface area (Å²) >= 11 is 0. The van der Waals surface area contributed by atoms with E-state index < -0.39 is 0 Å². The van der Waals surface area contributed by atoms with Crippen LogP contribution >= 0.6 is 0 Å². The lowest BCUT2D eigenvalue weighted by molar-refractivity contribution is -0.141. The van der Waals surface area contributed by atoms with Gasteiger partial charge in [-0.3, -0.25) is 4.79 Å². The van der Waals surface area contributed by atoms with Crippen molar-refractivity contribution in [1.29, 1.82) is 0 Å². The molecule has 1 heterocycles. The third kappa shape index (κ3) is 2.35. The molecule has 1 N–H and O–H groups in total. The van der Waals surface area contributed by atoms with Crippen LogP contribution in [-0.4, -0.2) is 35.1 Å². The molecule has 1 amide bonds. The number of hydrogen-bond acceptors (Lipinski definition) is 2. The number of carbonyl (C=O) groups excluding carboxylic acids is 1. The Bertz CT molecular complexity index is 300. The second-order valence-electron chi connectivity index (χ2n) is 6.93. The first-order valence-corrected chi connectivity index (χ1v) is 6.80. The summed E-state index contributed by atoms with van der Waals surface area (Å²) in [5.41, 5.74) is -0.00807. The highest BCUT2D eigenvalue weighted by Gasteiger charge is 2.48. The van der Waals surface area contributed by atoms with E-state index in [1.54, 1.807) is 0 Å². The Morgan fingerprint density at radius 3 is 2.41 bits per heavy atom. The molecule has 1 atom stereocenters. The topological polar surface area (TPSA) is 40.5 Å². The Morgan fingerprint density at radius 1 is 1.35 bits per heavy atom. The molecule has 17 heavy (non-hydrogen) atoms. The molecular weight excluding hydrogens is 214 g/mol. The number of aliphatic hydroxyl groups is 1. The van der Waals surface area contributed by atoms with Crippen molar-refractivity contribution in [3.63, 3.8) is 0 Å². The van der Waals surface area contributed by atoms with E-state index in [1.807, 2.05) is 25.7 Å². The largest absolute Gasteiger partial charge is 0.394 e. The van der Waals surface area contributed by atoms with Crippen molar-refractivity contribution >= 4 is 5.91 Å². The van der Waals surface area contributed by atoms with E-state index in [0.29, 0.717) is 5.41 Å². The van der Waals surface area contributed by atoms with Gasteiger partial charge in [-0.05, 0) is 24.7 Å². The van der Waals surface area contributed by atoms with E-state index in [4.69, 9.17) is 0 Å². The SMILES string of the molecule is CC(C)(C)C(=O)N1CC2(CCCC2)CC1CO. The highest BCUT2D eigenvalue weighted by molar-refractivity contribution is 5.82. The fourth-order valence-electron chi connectivity index (χ4n) is 3.48. The summed E-state index contributed by atoms with van der Waals surface area (Å²) in [5.74, 6) is 0.195. The van der Waals surface area contributed by atoms with Gasteiger partial charge in [0.1, 0.15) is 0 Å². The molecule has 98 valence electrons. The highest BCUT2D eigenvalue weighted by atomic mass is 16.3. The number of nitrogens with zero attached hydrogens (tertiary/aromatic N) is 1. The first-order valence-electron chi connectivity index (χ1n) is 6.80. The van der Waals surface area contributed by atoms with Crippen molar-refractivity contribution in [3.05, 3.63) is 0 Å². The van der Waals surface area contributed by atoms with Crippen molar-refractivity contribution in [2.24, 2.45) is 10.8 Å². The molecule has 1 saturated heterocycles. The van der Waals surface area contributed by atoms with E-state index in [0.717, 1.165) is 13.0 Å². The van der Waals surface area contributed by atoms with Gasteiger partial charge in [-0.1, -0.05) is 33.6 Å². The molecule has 1 unspecified atom stereocenters. The monoisotopic (exact) mass is 239 g/mol. The van der Waals surface area contributed by atoms with Gasteiger partial charge in [0.05, 0.1) is 12.6 Å². The molecular formula is C14H25NO2. The Morgan fingerprint density at radius 2 is 1.94 bits per heavy atom. The van der Waals surface area contributed by atoms with E-state index >= 15 is 0 Å². The van der Waals surface area contributed by atoms with E-state index in [-0.39, 0.29) is 24.0 Å². The summed E-state index contributed by atoms with van der Waals surface area (Å²) < 4.78 is 0. The number of amides is 1. The molecule has 3 heteroatoms. The summed E-state index contributed by atoms with van der Waals surface area (Å²) in [7, 11) is 0. The maximum absolute atomic E-state index is 12.4. The minimum atomic E-state index is -0.336. The molecule has 1 aliphatic carbocycles. The molecule has 0 bridgehead atoms. The summed E-state index contributed by atoms with van der Waals surface area (Å²) in [4.78, 5) is 14.3. The van der Waals surface area contributed by atoms with Crippen LogP contribution in [0.15, 0.2) is 0 Å². The molecule has 2 rings (SSSR count). The molecule has 1 spiro atoms. The van der Waals surface area contributed by atoms with Gasteiger partial charge < -0.3 is 10.0 Å². The van der Waals surface area contributed by atoms with Crippen LogP contribution in [0.3, 0.4) is 0 Å². The molecule has 2 fully saturated rings. The second kappa shape index (κ2) is 4.27. The zero-order valence-corrected chi connectivity index (χ0v) is 11.3. The quantitative estimate of drug-likeness (QED) is 0.762. The maximum Gasteiger partial charge on any atom is 0.228 e. The van der Waals surface area contributed by atoms with Gasteiger partial charge in [0.2, 0.25) is 5.91 Å². The standard InChI is InChI=1S/C14H25NO2/c1-13(2,3)12(17)15-10-14(6-4-5-7-14)8-11(15)9-16/h11,16H,4-10H2,1-3H3. The first kappa shape index (κ1) is 12.9. The van der Waals surface area contributed by atoms with Crippen LogP contribution in [0.2, 0.25) is 0 Å². The zero-order valence-electron chi connectivity index (χ0n) is 11.3. The lowest BCUT2D eigenvalue weighted by atomic mass is 9.84. The average molecular weight is 239 g/mol. The van der Waals surface area contributed by atoms with E-state index in [2.05, 4.69) is 0 Å². The van der Waals surface area contributed by atoms with Crippen LogP contribution < -0.4 is 0 Å². The van der Waals surface area contributed by atoms with Crippen LogP contribution in [0, 0.1) is 10.8 Å². The van der Waals surface area contributed by atoms with Crippen molar-refractivity contribution < 1.29 is 9.90 Å². The highest BCUT2D eigenvalue weighted by Crippen LogP contribution is 2.48. The minimum Gasteiger partial charge on any atom is -0.394 e. The Kier molecular flexibility index (Phi) is 3.23. The molecule has 1 saturated carbocycles. The lowest BCUT2D eigenvalue weighted by Gasteiger charge is -2.30. The molecule has 1 aliphatic heterocycles. The fourth-order valence-corrected chi connectivity index (χ4v) is 3.48. The van der Waals surface area contributed by atoms with Gasteiger partial charge in [0.15, 0.2) is 0 Å². The van der Waals surface area contributed by atoms with Crippen LogP contribution in [0.5, 0.6) is 0 Å². The van der Waals surface area contributed by atoms with Crippen molar-refractivity contribution in [2.75, 3.05) is 13.2 Å². The first-order chi connectivity index (χ1) is 7.88. The van der Waals surface area contributed by atoms with Crippen LogP contribution in [0.25, 0.3) is 0 Å². The number of hydrogen-bond donors (Lipinski definition) is 1. The zero-order chi connectivity index (χ0) is 12.7. The summed E-state index contributed by atoms with van der Waals surface area (Å²) in [5, 5.41) is 9.50. The molecule has 0 aromatic heterocycles. The van der Waals surface area contributed by atoms with Gasteiger partial charge in [-0.25, -0.2) is 0 Å². The Hall–Kier alpha value is -0.570. The number of carbonyl (C=O) groups is 1. The van der Waals surface area contributed by atoms with E-state index in [9.17, 15) is 9.90 Å². The molecule has 0 radical (unpaired) electrons. The smallest absolute Gasteiger partial charge is 0.228 e. The van der Waals surface area contributed by atoms with Gasteiger partial charge >= 0.3 is 0 Å². The Balaban J connectivity index is 2.14. The normalized spacial score (nSPS) is 28.0. The van der Waals surface area contributed by atoms with Gasteiger partial charge in [0, 0.05) is 12.0 Å². The molecule has 0 aromatic carbocycles. The minimum absolute atomic E-state index is 0.0554. The van der Waals surface area contributed by atoms with Crippen LogP contribution in [0.1, 0.15) is 52.9 Å². The average Bonchev–Trinajstić information content (AvgIpc) is 2.84. The van der Waals surface area contributed by atoms with Gasteiger partial charge in [-0.15, -0.1) is 0 Å². The Labute approximate surface area is 104 Å². The summed E-state index contributed by atoms with van der Waals surface area (Å²) in [6.45, 7) is 6.87.